The summed E-state index contributed by atoms with van der Waals surface area (Å²) in [6, 6.07) is 17.7. The number of nitrogens with zero attached hydrogens (tertiary/aromatic N) is 1. The highest BCUT2D eigenvalue weighted by molar-refractivity contribution is 5.51. The maximum Gasteiger partial charge on any atom is 0.203 e. The molecule has 2 aromatic carbocycles. The largest absolute Gasteiger partial charge is 0.493 e. The molecule has 0 fully saturated rings. The van der Waals surface area contributed by atoms with Crippen molar-refractivity contribution in [3.63, 3.8) is 0 Å². The van der Waals surface area contributed by atoms with Gasteiger partial charge in [-0.2, -0.15) is 5.26 Å². The van der Waals surface area contributed by atoms with E-state index in [4.69, 9.17) is 14.2 Å². The lowest BCUT2D eigenvalue weighted by molar-refractivity contribution is 0.276. The molecule has 0 N–H and O–H groups in total. The molecule has 0 saturated heterocycles. The quantitative estimate of drug-likeness (QED) is 0.687. The topological polar surface area (TPSA) is 51.5 Å². The van der Waals surface area contributed by atoms with Crippen molar-refractivity contribution in [3.8, 4) is 23.3 Å². The molecule has 0 heterocycles. The molecule has 4 nitrogen and oxygen atoms in total. The normalized spacial score (nSPS) is 11.3. The van der Waals surface area contributed by atoms with Gasteiger partial charge < -0.3 is 14.2 Å². The average Bonchev–Trinajstić information content (AvgIpc) is 2.62. The van der Waals surface area contributed by atoms with Gasteiger partial charge in [0.1, 0.15) is 0 Å². The third-order valence-electron chi connectivity index (χ3n) is 3.62. The summed E-state index contributed by atoms with van der Waals surface area (Å²) in [7, 11) is 3.19. The number of benzene rings is 2. The summed E-state index contributed by atoms with van der Waals surface area (Å²) in [5.74, 6) is 1.78. The summed E-state index contributed by atoms with van der Waals surface area (Å²) in [6.45, 7) is 0.522. The Morgan fingerprint density at radius 2 is 1.70 bits per heavy atom. The summed E-state index contributed by atoms with van der Waals surface area (Å²) in [5.41, 5.74) is 1.05. The smallest absolute Gasteiger partial charge is 0.203 e. The van der Waals surface area contributed by atoms with Crippen LogP contribution in [0.25, 0.3) is 0 Å². The van der Waals surface area contributed by atoms with Gasteiger partial charge in [0, 0.05) is 0 Å². The van der Waals surface area contributed by atoms with Gasteiger partial charge in [-0.15, -0.1) is 0 Å². The first-order valence-corrected chi connectivity index (χ1v) is 7.58. The van der Waals surface area contributed by atoms with Crippen LogP contribution in [0, 0.1) is 11.3 Å². The van der Waals surface area contributed by atoms with Crippen molar-refractivity contribution in [3.05, 3.63) is 54.1 Å². The first kappa shape index (κ1) is 16.7. The lowest BCUT2D eigenvalue weighted by Gasteiger charge is -2.14. The molecular weight excluding hydrogens is 290 g/mol. The van der Waals surface area contributed by atoms with Crippen molar-refractivity contribution in [2.75, 3.05) is 20.8 Å². The summed E-state index contributed by atoms with van der Waals surface area (Å²) in [6.07, 6.45) is 1.54. The second-order valence-electron chi connectivity index (χ2n) is 5.07. The predicted octanol–water partition coefficient (Wildman–Crippen LogP) is 4.17. The van der Waals surface area contributed by atoms with Crippen LogP contribution in [0.3, 0.4) is 0 Å². The zero-order valence-electron chi connectivity index (χ0n) is 13.5. The fraction of sp³-hybridized carbons (Fsp3) is 0.316. The Bertz CT molecular complexity index is 649. The summed E-state index contributed by atoms with van der Waals surface area (Å²) in [4.78, 5) is 0. The predicted molar refractivity (Wildman–Crippen MR) is 89.1 cm³/mol. The molecule has 0 aliphatic heterocycles. The molecule has 1 unspecified atom stereocenters. The standard InChI is InChI=1S/C19H21NO3/c1-21-17-11-6-12-18(19(17)22-2)23-13-7-10-16(14-20)15-8-4-3-5-9-15/h3-6,8-9,11-12,16H,7,10,13H2,1-2H3. The minimum atomic E-state index is -0.105. The summed E-state index contributed by atoms with van der Waals surface area (Å²) >= 11 is 0. The van der Waals surface area contributed by atoms with Crippen molar-refractivity contribution in [2.45, 2.75) is 18.8 Å². The van der Waals surface area contributed by atoms with Crippen LogP contribution in [0.4, 0.5) is 0 Å². The van der Waals surface area contributed by atoms with Crippen LogP contribution in [0.5, 0.6) is 17.2 Å². The van der Waals surface area contributed by atoms with Crippen LogP contribution in [0.2, 0.25) is 0 Å². The molecule has 0 aliphatic rings. The second kappa shape index (κ2) is 8.70. The van der Waals surface area contributed by atoms with E-state index in [1.54, 1.807) is 14.2 Å². The van der Waals surface area contributed by atoms with Crippen molar-refractivity contribution < 1.29 is 14.2 Å². The highest BCUT2D eigenvalue weighted by Crippen LogP contribution is 2.36. The number of para-hydroxylation sites is 1. The highest BCUT2D eigenvalue weighted by Gasteiger charge is 2.12. The van der Waals surface area contributed by atoms with Crippen molar-refractivity contribution in [1.82, 2.24) is 0 Å². The van der Waals surface area contributed by atoms with E-state index >= 15 is 0 Å². The minimum Gasteiger partial charge on any atom is -0.493 e. The van der Waals surface area contributed by atoms with Gasteiger partial charge in [-0.1, -0.05) is 36.4 Å². The highest BCUT2D eigenvalue weighted by atomic mass is 16.5. The van der Waals surface area contributed by atoms with E-state index in [1.165, 1.54) is 0 Å². The van der Waals surface area contributed by atoms with Crippen LogP contribution in [0.1, 0.15) is 24.3 Å². The van der Waals surface area contributed by atoms with Crippen LogP contribution >= 0.6 is 0 Å². The lowest BCUT2D eigenvalue weighted by Crippen LogP contribution is -2.03. The summed E-state index contributed by atoms with van der Waals surface area (Å²) in [5, 5.41) is 9.32. The molecule has 2 rings (SSSR count). The number of methoxy groups -OCH3 is 2. The Hall–Kier alpha value is -2.67. The molecule has 0 saturated carbocycles. The van der Waals surface area contributed by atoms with E-state index in [9.17, 15) is 5.26 Å². The molecule has 0 aliphatic carbocycles. The van der Waals surface area contributed by atoms with Gasteiger partial charge in [-0.05, 0) is 30.5 Å². The van der Waals surface area contributed by atoms with Gasteiger partial charge in [0.15, 0.2) is 11.5 Å². The maximum absolute atomic E-state index is 9.32. The van der Waals surface area contributed by atoms with E-state index < -0.39 is 0 Å². The molecule has 0 amide bonds. The number of rotatable bonds is 8. The van der Waals surface area contributed by atoms with Gasteiger partial charge in [-0.25, -0.2) is 0 Å². The van der Waals surface area contributed by atoms with E-state index in [0.29, 0.717) is 23.9 Å². The molecular formula is C19H21NO3. The molecule has 0 bridgehead atoms. The van der Waals surface area contributed by atoms with Gasteiger partial charge in [0.05, 0.1) is 32.8 Å². The van der Waals surface area contributed by atoms with E-state index in [0.717, 1.165) is 18.4 Å². The Balaban J connectivity index is 1.89. The van der Waals surface area contributed by atoms with E-state index in [2.05, 4.69) is 6.07 Å². The first-order chi connectivity index (χ1) is 11.3. The Morgan fingerprint density at radius 3 is 2.35 bits per heavy atom. The first-order valence-electron chi connectivity index (χ1n) is 7.58. The average molecular weight is 311 g/mol. The van der Waals surface area contributed by atoms with Crippen LogP contribution in [0.15, 0.2) is 48.5 Å². The third-order valence-corrected chi connectivity index (χ3v) is 3.62. The Kier molecular flexibility index (Phi) is 6.31. The number of nitriles is 1. The molecule has 2 aromatic rings. The van der Waals surface area contributed by atoms with Gasteiger partial charge >= 0.3 is 0 Å². The minimum absolute atomic E-state index is 0.105. The fourth-order valence-corrected chi connectivity index (χ4v) is 2.43. The van der Waals surface area contributed by atoms with E-state index in [1.807, 2.05) is 48.5 Å². The van der Waals surface area contributed by atoms with Gasteiger partial charge in [0.25, 0.3) is 0 Å². The van der Waals surface area contributed by atoms with Crippen LogP contribution in [-0.4, -0.2) is 20.8 Å². The molecule has 0 radical (unpaired) electrons. The van der Waals surface area contributed by atoms with Crippen LogP contribution in [-0.2, 0) is 0 Å². The Labute approximate surface area is 137 Å². The fourth-order valence-electron chi connectivity index (χ4n) is 2.43. The molecule has 1 atom stereocenters. The number of ether oxygens (including phenoxy) is 3. The number of hydrogen-bond acceptors (Lipinski definition) is 4. The monoisotopic (exact) mass is 311 g/mol. The van der Waals surface area contributed by atoms with Gasteiger partial charge in [-0.3, -0.25) is 0 Å². The van der Waals surface area contributed by atoms with E-state index in [-0.39, 0.29) is 5.92 Å². The van der Waals surface area contributed by atoms with Crippen molar-refractivity contribution in [1.29, 1.82) is 5.26 Å². The van der Waals surface area contributed by atoms with Gasteiger partial charge in [0.2, 0.25) is 5.75 Å². The second-order valence-corrected chi connectivity index (χ2v) is 5.07. The van der Waals surface area contributed by atoms with Crippen molar-refractivity contribution in [2.24, 2.45) is 0 Å². The lowest BCUT2D eigenvalue weighted by atomic mass is 9.96. The zero-order valence-corrected chi connectivity index (χ0v) is 13.5. The molecule has 0 spiro atoms. The third kappa shape index (κ3) is 4.40. The maximum atomic E-state index is 9.32. The summed E-state index contributed by atoms with van der Waals surface area (Å²) < 4.78 is 16.4. The molecule has 120 valence electrons. The number of hydrogen-bond donors (Lipinski definition) is 0. The molecule has 0 aromatic heterocycles. The Morgan fingerprint density at radius 1 is 0.957 bits per heavy atom. The zero-order chi connectivity index (χ0) is 16.5. The molecule has 4 heteroatoms. The van der Waals surface area contributed by atoms with Crippen molar-refractivity contribution >= 4 is 0 Å². The SMILES string of the molecule is COc1cccc(OCCCC(C#N)c2ccccc2)c1OC. The van der Waals surface area contributed by atoms with Crippen LogP contribution < -0.4 is 14.2 Å². The molecule has 23 heavy (non-hydrogen) atoms.